The van der Waals surface area contributed by atoms with Gasteiger partial charge in [0.1, 0.15) is 11.5 Å². The van der Waals surface area contributed by atoms with E-state index in [0.717, 1.165) is 45.1 Å². The molecule has 1 heterocycles. The second kappa shape index (κ2) is 7.18. The van der Waals surface area contributed by atoms with E-state index in [1.54, 1.807) is 14.2 Å². The minimum atomic E-state index is 0.880. The molecule has 1 aliphatic heterocycles. The third kappa shape index (κ3) is 3.25. The molecule has 1 aliphatic rings. The quantitative estimate of drug-likeness (QED) is 0.714. The van der Waals surface area contributed by atoms with Gasteiger partial charge in [-0.3, -0.25) is 0 Å². The van der Waals surface area contributed by atoms with Crippen LogP contribution in [0.2, 0.25) is 0 Å². The van der Waals surface area contributed by atoms with Crippen LogP contribution in [-0.2, 0) is 0 Å². The van der Waals surface area contributed by atoms with Gasteiger partial charge in [0, 0.05) is 22.8 Å². The van der Waals surface area contributed by atoms with Crippen molar-refractivity contribution >= 4 is 11.4 Å². The first kappa shape index (κ1) is 19.2. The molecule has 2 aromatic rings. The Balaban J connectivity index is 2.05. The van der Waals surface area contributed by atoms with E-state index >= 15 is 0 Å². The fourth-order valence-corrected chi connectivity index (χ4v) is 3.78. The Hall–Kier alpha value is -2.62. The van der Waals surface area contributed by atoms with Gasteiger partial charge >= 0.3 is 0 Å². The van der Waals surface area contributed by atoms with Crippen molar-refractivity contribution in [2.75, 3.05) is 24.0 Å². The fraction of sp³-hybridized carbons (Fsp3) is 0.348. The topological polar surface area (TPSA) is 24.9 Å². The number of anilines is 2. The molecule has 0 atom stereocenters. The van der Waals surface area contributed by atoms with E-state index in [1.807, 2.05) is 0 Å². The van der Waals surface area contributed by atoms with Gasteiger partial charge in [-0.1, -0.05) is 0 Å². The summed E-state index contributed by atoms with van der Waals surface area (Å²) in [6.45, 7) is 16.3. The number of benzene rings is 2. The first-order chi connectivity index (χ1) is 12.8. The highest BCUT2D eigenvalue weighted by molar-refractivity contribution is 5.75. The zero-order valence-corrected chi connectivity index (χ0v) is 17.5. The van der Waals surface area contributed by atoms with E-state index < -0.39 is 0 Å². The number of hydrogen-bond acceptors (Lipinski definition) is 4. The van der Waals surface area contributed by atoms with Crippen LogP contribution in [0.15, 0.2) is 35.7 Å². The molecule has 2 radical (unpaired) electrons. The van der Waals surface area contributed by atoms with E-state index in [2.05, 4.69) is 82.3 Å². The molecule has 0 saturated heterocycles. The Bertz CT molecular complexity index is 795. The molecule has 2 aromatic carbocycles. The minimum Gasteiger partial charge on any atom is -0.497 e. The summed E-state index contributed by atoms with van der Waals surface area (Å²) in [6, 6.07) is 8.27. The smallest absolute Gasteiger partial charge is 0.218 e. The maximum absolute atomic E-state index is 5.41. The van der Waals surface area contributed by atoms with E-state index in [4.69, 9.17) is 9.47 Å². The van der Waals surface area contributed by atoms with Crippen LogP contribution in [-0.4, -0.2) is 14.2 Å². The molecule has 0 unspecified atom stereocenters. The molecule has 0 spiro atoms. The highest BCUT2D eigenvalue weighted by Crippen LogP contribution is 2.42. The molecule has 0 N–H and O–H groups in total. The Labute approximate surface area is 163 Å². The molecule has 4 heteroatoms. The molecular weight excluding hydrogens is 336 g/mol. The van der Waals surface area contributed by atoms with Gasteiger partial charge in [-0.2, -0.15) is 0 Å². The predicted molar refractivity (Wildman–Crippen MR) is 112 cm³/mol. The SMILES string of the molecule is COc1cc(C)c(N2[C]N(c3c(C)cc(OC)cc3C)C(C)=C2C)c(C)c1. The van der Waals surface area contributed by atoms with Crippen molar-refractivity contribution in [3.8, 4) is 11.5 Å². The summed E-state index contributed by atoms with van der Waals surface area (Å²) in [4.78, 5) is 4.31. The number of ether oxygens (including phenoxy) is 2. The molecule has 142 valence electrons. The van der Waals surface area contributed by atoms with Crippen molar-refractivity contribution in [2.24, 2.45) is 0 Å². The molecular formula is C23H28N2O2. The van der Waals surface area contributed by atoms with E-state index in [-0.39, 0.29) is 0 Å². The predicted octanol–water partition coefficient (Wildman–Crippen LogP) is 5.51. The second-order valence-corrected chi connectivity index (χ2v) is 7.16. The van der Waals surface area contributed by atoms with Crippen LogP contribution < -0.4 is 19.3 Å². The number of aryl methyl sites for hydroxylation is 4. The van der Waals surface area contributed by atoms with Crippen LogP contribution in [0.25, 0.3) is 0 Å². The summed E-state index contributed by atoms with van der Waals surface area (Å²) in [5.74, 6) is 1.76. The third-order valence-electron chi connectivity index (χ3n) is 5.24. The molecule has 0 aromatic heterocycles. The standard InChI is InChI=1S/C23H28N2O2/c1-14-9-20(26-7)10-15(2)22(14)24-13-25(19(6)18(24)5)23-16(3)11-21(27-8)12-17(23)4/h9-12H,1-8H3. The van der Waals surface area contributed by atoms with Gasteiger partial charge < -0.3 is 19.3 Å². The Morgan fingerprint density at radius 1 is 0.593 bits per heavy atom. The zero-order chi connectivity index (χ0) is 19.9. The largest absolute Gasteiger partial charge is 0.497 e. The highest BCUT2D eigenvalue weighted by Gasteiger charge is 2.31. The second-order valence-electron chi connectivity index (χ2n) is 7.16. The Kier molecular flexibility index (Phi) is 5.09. The number of hydrogen-bond donors (Lipinski definition) is 0. The van der Waals surface area contributed by atoms with E-state index in [9.17, 15) is 0 Å². The number of allylic oxidation sites excluding steroid dienone is 2. The van der Waals surface area contributed by atoms with Crippen LogP contribution in [0.5, 0.6) is 11.5 Å². The lowest BCUT2D eigenvalue weighted by Gasteiger charge is -2.27. The van der Waals surface area contributed by atoms with Crippen molar-refractivity contribution in [1.29, 1.82) is 0 Å². The average Bonchev–Trinajstić information content (AvgIpc) is 2.89. The monoisotopic (exact) mass is 364 g/mol. The average molecular weight is 364 g/mol. The normalized spacial score (nSPS) is 14.2. The van der Waals surface area contributed by atoms with Crippen molar-refractivity contribution in [2.45, 2.75) is 41.5 Å². The van der Waals surface area contributed by atoms with Crippen LogP contribution in [0, 0.1) is 34.4 Å². The summed E-state index contributed by atoms with van der Waals surface area (Å²) >= 11 is 0. The van der Waals surface area contributed by atoms with E-state index in [0.29, 0.717) is 0 Å². The van der Waals surface area contributed by atoms with Gasteiger partial charge in [-0.25, -0.2) is 0 Å². The summed E-state index contributed by atoms with van der Waals surface area (Å²) in [7, 11) is 3.41. The minimum absolute atomic E-state index is 0.880. The maximum Gasteiger partial charge on any atom is 0.218 e. The third-order valence-corrected chi connectivity index (χ3v) is 5.24. The summed E-state index contributed by atoms with van der Waals surface area (Å²) in [6.07, 6.45) is 0. The molecule has 0 amide bonds. The lowest BCUT2D eigenvalue weighted by molar-refractivity contribution is 0.414. The molecule has 0 aliphatic carbocycles. The molecule has 27 heavy (non-hydrogen) atoms. The van der Waals surface area contributed by atoms with Crippen molar-refractivity contribution in [3.63, 3.8) is 0 Å². The summed E-state index contributed by atoms with van der Waals surface area (Å²) < 4.78 is 10.8. The van der Waals surface area contributed by atoms with Gasteiger partial charge in [0.05, 0.1) is 14.2 Å². The van der Waals surface area contributed by atoms with Gasteiger partial charge in [0.25, 0.3) is 0 Å². The van der Waals surface area contributed by atoms with Gasteiger partial charge in [0.2, 0.25) is 6.67 Å². The molecule has 0 saturated carbocycles. The van der Waals surface area contributed by atoms with Crippen molar-refractivity contribution in [1.82, 2.24) is 0 Å². The lowest BCUT2D eigenvalue weighted by Crippen LogP contribution is -2.23. The first-order valence-corrected chi connectivity index (χ1v) is 9.13. The van der Waals surface area contributed by atoms with Crippen LogP contribution in [0.1, 0.15) is 36.1 Å². The Morgan fingerprint density at radius 2 is 0.889 bits per heavy atom. The maximum atomic E-state index is 5.41. The Morgan fingerprint density at radius 3 is 1.15 bits per heavy atom. The summed E-state index contributed by atoms with van der Waals surface area (Å²) in [5.41, 5.74) is 9.29. The first-order valence-electron chi connectivity index (χ1n) is 9.13. The fourth-order valence-electron chi connectivity index (χ4n) is 3.78. The zero-order valence-electron chi connectivity index (χ0n) is 17.5. The van der Waals surface area contributed by atoms with Gasteiger partial charge in [0.15, 0.2) is 0 Å². The summed E-state index contributed by atoms with van der Waals surface area (Å²) in [5, 5.41) is 0. The van der Waals surface area contributed by atoms with Gasteiger partial charge in [-0.15, -0.1) is 0 Å². The molecule has 4 nitrogen and oxygen atoms in total. The molecule has 0 bridgehead atoms. The van der Waals surface area contributed by atoms with Crippen LogP contribution in [0.3, 0.4) is 0 Å². The lowest BCUT2D eigenvalue weighted by atomic mass is 10.1. The van der Waals surface area contributed by atoms with Crippen molar-refractivity contribution in [3.05, 3.63) is 64.6 Å². The number of rotatable bonds is 4. The van der Waals surface area contributed by atoms with Crippen LogP contribution >= 0.6 is 0 Å². The number of methoxy groups -OCH3 is 2. The van der Waals surface area contributed by atoms with E-state index in [1.165, 1.54) is 11.4 Å². The molecule has 3 rings (SSSR count). The highest BCUT2D eigenvalue weighted by atomic mass is 16.5. The van der Waals surface area contributed by atoms with Crippen LogP contribution in [0.4, 0.5) is 11.4 Å². The molecule has 0 fully saturated rings. The van der Waals surface area contributed by atoms with Gasteiger partial charge in [-0.05, 0) is 88.1 Å². The number of nitrogens with zero attached hydrogens (tertiary/aromatic N) is 2. The van der Waals surface area contributed by atoms with Crippen molar-refractivity contribution < 1.29 is 9.47 Å².